The SMILES string of the molecule is CC1CCN(C(N)=NCC2(N3CCSCC3)CCCC2)CC1.I. The van der Waals surface area contributed by atoms with Crippen LogP contribution in [0.4, 0.5) is 0 Å². The van der Waals surface area contributed by atoms with E-state index in [4.69, 9.17) is 10.7 Å². The Balaban J connectivity index is 0.00000192. The lowest BCUT2D eigenvalue weighted by molar-refractivity contribution is 0.112. The van der Waals surface area contributed by atoms with E-state index in [9.17, 15) is 0 Å². The Morgan fingerprint density at radius 3 is 2.35 bits per heavy atom. The smallest absolute Gasteiger partial charge is 0.191 e. The Kier molecular flexibility index (Phi) is 7.79. The number of thioether (sulfide) groups is 1. The maximum Gasteiger partial charge on any atom is 0.191 e. The molecule has 1 saturated carbocycles. The zero-order valence-electron chi connectivity index (χ0n) is 14.5. The highest BCUT2D eigenvalue weighted by Gasteiger charge is 2.40. The van der Waals surface area contributed by atoms with Gasteiger partial charge in [-0.1, -0.05) is 19.8 Å². The molecule has 6 heteroatoms. The summed E-state index contributed by atoms with van der Waals surface area (Å²) < 4.78 is 0. The van der Waals surface area contributed by atoms with Crippen molar-refractivity contribution in [1.82, 2.24) is 9.80 Å². The van der Waals surface area contributed by atoms with E-state index in [0.717, 1.165) is 31.5 Å². The first-order chi connectivity index (χ1) is 10.7. The molecule has 0 spiro atoms. The molecule has 2 N–H and O–H groups in total. The molecule has 4 nitrogen and oxygen atoms in total. The van der Waals surface area contributed by atoms with Gasteiger partial charge < -0.3 is 10.6 Å². The summed E-state index contributed by atoms with van der Waals surface area (Å²) in [5, 5.41) is 0. The van der Waals surface area contributed by atoms with Gasteiger partial charge in [-0.15, -0.1) is 24.0 Å². The predicted octanol–water partition coefficient (Wildman–Crippen LogP) is 3.01. The van der Waals surface area contributed by atoms with Gasteiger partial charge in [0.2, 0.25) is 0 Å². The molecule has 3 aliphatic rings. The summed E-state index contributed by atoms with van der Waals surface area (Å²) in [6.07, 6.45) is 7.85. The molecule has 134 valence electrons. The van der Waals surface area contributed by atoms with Crippen LogP contribution in [-0.2, 0) is 0 Å². The Hall–Kier alpha value is 0.310. The molecule has 0 bridgehead atoms. The second-order valence-corrected chi connectivity index (χ2v) is 8.60. The molecule has 2 aliphatic heterocycles. The molecular formula is C17H33IN4S. The van der Waals surface area contributed by atoms with E-state index >= 15 is 0 Å². The number of guanidine groups is 1. The normalized spacial score (nSPS) is 27.0. The maximum absolute atomic E-state index is 6.31. The molecular weight excluding hydrogens is 419 g/mol. The van der Waals surface area contributed by atoms with Crippen molar-refractivity contribution in [2.45, 2.75) is 51.0 Å². The van der Waals surface area contributed by atoms with E-state index in [-0.39, 0.29) is 24.0 Å². The van der Waals surface area contributed by atoms with Crippen LogP contribution in [0.15, 0.2) is 4.99 Å². The van der Waals surface area contributed by atoms with Gasteiger partial charge in [0.25, 0.3) is 0 Å². The number of piperidine rings is 1. The zero-order chi connectivity index (χ0) is 15.4. The third kappa shape index (κ3) is 4.91. The molecule has 2 heterocycles. The molecule has 1 aliphatic carbocycles. The average Bonchev–Trinajstić information content (AvgIpc) is 3.04. The van der Waals surface area contributed by atoms with Crippen LogP contribution in [0.2, 0.25) is 0 Å². The van der Waals surface area contributed by atoms with E-state index in [1.54, 1.807) is 0 Å². The van der Waals surface area contributed by atoms with Crippen molar-refractivity contribution in [3.05, 3.63) is 0 Å². The third-order valence-electron chi connectivity index (χ3n) is 5.86. The Labute approximate surface area is 163 Å². The molecule has 0 aromatic heterocycles. The van der Waals surface area contributed by atoms with Crippen molar-refractivity contribution in [3.8, 4) is 0 Å². The highest BCUT2D eigenvalue weighted by atomic mass is 127. The highest BCUT2D eigenvalue weighted by molar-refractivity contribution is 14.0. The number of halogens is 1. The van der Waals surface area contributed by atoms with E-state index in [0.29, 0.717) is 5.54 Å². The van der Waals surface area contributed by atoms with Crippen molar-refractivity contribution in [3.63, 3.8) is 0 Å². The first kappa shape index (κ1) is 19.6. The fourth-order valence-corrected chi connectivity index (χ4v) is 5.11. The van der Waals surface area contributed by atoms with Crippen molar-refractivity contribution in [2.75, 3.05) is 44.2 Å². The van der Waals surface area contributed by atoms with Crippen molar-refractivity contribution >= 4 is 41.7 Å². The van der Waals surface area contributed by atoms with Gasteiger partial charge in [0.15, 0.2) is 5.96 Å². The van der Waals surface area contributed by atoms with E-state index in [1.807, 2.05) is 0 Å². The lowest BCUT2D eigenvalue weighted by atomic mass is 9.95. The fraction of sp³-hybridized carbons (Fsp3) is 0.941. The van der Waals surface area contributed by atoms with E-state index in [1.165, 1.54) is 63.1 Å². The van der Waals surface area contributed by atoms with Gasteiger partial charge in [0.1, 0.15) is 0 Å². The average molecular weight is 452 g/mol. The molecule has 3 rings (SSSR count). The Morgan fingerprint density at radius 1 is 1.13 bits per heavy atom. The van der Waals surface area contributed by atoms with Crippen molar-refractivity contribution < 1.29 is 0 Å². The molecule has 0 amide bonds. The minimum absolute atomic E-state index is 0. The largest absolute Gasteiger partial charge is 0.370 e. The summed E-state index contributed by atoms with van der Waals surface area (Å²) in [7, 11) is 0. The number of nitrogens with two attached hydrogens (primary N) is 1. The first-order valence-electron chi connectivity index (χ1n) is 9.07. The lowest BCUT2D eigenvalue weighted by Crippen LogP contribution is -2.53. The minimum Gasteiger partial charge on any atom is -0.370 e. The summed E-state index contributed by atoms with van der Waals surface area (Å²) in [6.45, 7) is 7.90. The summed E-state index contributed by atoms with van der Waals surface area (Å²) in [5.41, 5.74) is 6.63. The molecule has 0 aromatic rings. The van der Waals surface area contributed by atoms with Gasteiger partial charge in [0, 0.05) is 43.2 Å². The Bertz CT molecular complexity index is 384. The number of hydrogen-bond donors (Lipinski definition) is 1. The van der Waals surface area contributed by atoms with Gasteiger partial charge >= 0.3 is 0 Å². The Morgan fingerprint density at radius 2 is 1.74 bits per heavy atom. The molecule has 0 atom stereocenters. The van der Waals surface area contributed by atoms with Crippen LogP contribution in [0.1, 0.15) is 45.4 Å². The molecule has 23 heavy (non-hydrogen) atoms. The van der Waals surface area contributed by atoms with Crippen LogP contribution in [0, 0.1) is 5.92 Å². The minimum atomic E-state index is 0. The van der Waals surface area contributed by atoms with Gasteiger partial charge in [-0.25, -0.2) is 0 Å². The first-order valence-corrected chi connectivity index (χ1v) is 10.2. The number of rotatable bonds is 3. The van der Waals surface area contributed by atoms with Crippen LogP contribution in [0.3, 0.4) is 0 Å². The van der Waals surface area contributed by atoms with Crippen LogP contribution < -0.4 is 5.73 Å². The monoisotopic (exact) mass is 452 g/mol. The quantitative estimate of drug-likeness (QED) is 0.406. The molecule has 0 unspecified atom stereocenters. The molecule has 0 aromatic carbocycles. The summed E-state index contributed by atoms with van der Waals surface area (Å²) >= 11 is 2.09. The van der Waals surface area contributed by atoms with Gasteiger partial charge in [-0.2, -0.15) is 11.8 Å². The summed E-state index contributed by atoms with van der Waals surface area (Å²) in [5.74, 6) is 4.20. The molecule has 3 fully saturated rings. The standard InChI is InChI=1S/C17H32N4S.HI/c1-15-4-8-20(9-5-15)16(18)19-14-17(6-2-3-7-17)21-10-12-22-13-11-21;/h15H,2-14H2,1H3,(H2,18,19);1H. The van der Waals surface area contributed by atoms with Crippen molar-refractivity contribution in [2.24, 2.45) is 16.6 Å². The van der Waals surface area contributed by atoms with Crippen LogP contribution in [0.25, 0.3) is 0 Å². The molecule has 0 radical (unpaired) electrons. The second-order valence-electron chi connectivity index (χ2n) is 7.37. The van der Waals surface area contributed by atoms with Gasteiger partial charge in [0.05, 0.1) is 6.54 Å². The number of likely N-dealkylation sites (tertiary alicyclic amines) is 1. The topological polar surface area (TPSA) is 44.9 Å². The maximum atomic E-state index is 6.31. The van der Waals surface area contributed by atoms with Crippen LogP contribution in [0.5, 0.6) is 0 Å². The highest BCUT2D eigenvalue weighted by Crippen LogP contribution is 2.37. The second kappa shape index (κ2) is 9.13. The van der Waals surface area contributed by atoms with Gasteiger partial charge in [-0.3, -0.25) is 9.89 Å². The van der Waals surface area contributed by atoms with E-state index in [2.05, 4.69) is 28.5 Å². The number of aliphatic imine (C=N–C) groups is 1. The lowest BCUT2D eigenvalue weighted by Gasteiger charge is -2.42. The predicted molar refractivity (Wildman–Crippen MR) is 112 cm³/mol. The van der Waals surface area contributed by atoms with Crippen molar-refractivity contribution in [1.29, 1.82) is 0 Å². The summed E-state index contributed by atoms with van der Waals surface area (Å²) in [6, 6.07) is 0. The summed E-state index contributed by atoms with van der Waals surface area (Å²) in [4.78, 5) is 9.90. The zero-order valence-corrected chi connectivity index (χ0v) is 17.7. The van der Waals surface area contributed by atoms with Crippen LogP contribution in [-0.4, -0.2) is 65.5 Å². The van der Waals surface area contributed by atoms with Gasteiger partial charge in [-0.05, 0) is 31.6 Å². The fourth-order valence-electron chi connectivity index (χ4n) is 4.21. The number of nitrogens with zero attached hydrogens (tertiary/aromatic N) is 3. The number of hydrogen-bond acceptors (Lipinski definition) is 3. The van der Waals surface area contributed by atoms with E-state index < -0.39 is 0 Å². The molecule has 2 saturated heterocycles. The van der Waals surface area contributed by atoms with Crippen LogP contribution >= 0.6 is 35.7 Å². The third-order valence-corrected chi connectivity index (χ3v) is 6.80.